The van der Waals surface area contributed by atoms with Gasteiger partial charge in [0.05, 0.1) is 11.7 Å². The Labute approximate surface area is 97.7 Å². The second-order valence-electron chi connectivity index (χ2n) is 3.60. The van der Waals surface area contributed by atoms with Crippen LogP contribution in [0, 0.1) is 4.64 Å². The van der Waals surface area contributed by atoms with E-state index in [4.69, 9.17) is 12.2 Å². The molecule has 3 heterocycles. The lowest BCUT2D eigenvalue weighted by molar-refractivity contribution is 0.775. The van der Waals surface area contributed by atoms with Gasteiger partial charge in [-0.3, -0.25) is 0 Å². The van der Waals surface area contributed by atoms with Gasteiger partial charge in [-0.05, 0) is 19.1 Å². The Morgan fingerprint density at radius 2 is 2.31 bits per heavy atom. The molecule has 5 heteroatoms. The largest absolute Gasteiger partial charge is 0.332 e. The molecular weight excluding hydrogens is 220 g/mol. The summed E-state index contributed by atoms with van der Waals surface area (Å²) < 4.78 is 2.69. The molecule has 80 valence electrons. The lowest BCUT2D eigenvalue weighted by atomic mass is 10.3. The number of aryl methyl sites for hydroxylation is 1. The van der Waals surface area contributed by atoms with E-state index < -0.39 is 0 Å². The van der Waals surface area contributed by atoms with E-state index in [1.807, 2.05) is 12.1 Å². The minimum absolute atomic E-state index is 0.586. The molecule has 2 aromatic heterocycles. The number of nitrogens with zero attached hydrogens (tertiary/aromatic N) is 3. The fourth-order valence-corrected chi connectivity index (χ4v) is 2.10. The third-order valence-corrected chi connectivity index (χ3v) is 2.90. The molecule has 1 aliphatic rings. The second kappa shape index (κ2) is 3.38. The van der Waals surface area contributed by atoms with Crippen molar-refractivity contribution in [3.05, 3.63) is 23.0 Å². The lowest BCUT2D eigenvalue weighted by Crippen LogP contribution is -2.01. The van der Waals surface area contributed by atoms with Crippen LogP contribution in [-0.4, -0.2) is 15.9 Å². The summed E-state index contributed by atoms with van der Waals surface area (Å²) in [5.74, 6) is 1.74. The Hall–Kier alpha value is -1.75. The average molecular weight is 230 g/mol. The standard InChI is InChI=1S/C11H10N4S/c1-2-15-5-7-3-4-8(16)14-10-9(7)11(15)13-6-12-10/h3-6H,2H2,1H3,(H,12,13,14,16). The monoisotopic (exact) mass is 230 g/mol. The first kappa shape index (κ1) is 9.47. The second-order valence-corrected chi connectivity index (χ2v) is 4.02. The van der Waals surface area contributed by atoms with Gasteiger partial charge in [-0.2, -0.15) is 0 Å². The molecule has 0 spiro atoms. The third kappa shape index (κ3) is 1.25. The Morgan fingerprint density at radius 1 is 1.44 bits per heavy atom. The number of aliphatic imine (C=N–C) groups is 1. The van der Waals surface area contributed by atoms with E-state index in [0.29, 0.717) is 4.64 Å². The minimum Gasteiger partial charge on any atom is -0.332 e. The van der Waals surface area contributed by atoms with Crippen LogP contribution in [0.1, 0.15) is 6.92 Å². The zero-order valence-corrected chi connectivity index (χ0v) is 9.58. The summed E-state index contributed by atoms with van der Waals surface area (Å²) in [6, 6.07) is 3.84. The van der Waals surface area contributed by atoms with Crippen molar-refractivity contribution in [3.8, 4) is 0 Å². The lowest BCUT2D eigenvalue weighted by Gasteiger charge is -2.07. The maximum Gasteiger partial charge on any atom is 0.146 e. The van der Waals surface area contributed by atoms with Crippen molar-refractivity contribution < 1.29 is 0 Å². The Morgan fingerprint density at radius 3 is 3.12 bits per heavy atom. The highest BCUT2D eigenvalue weighted by Crippen LogP contribution is 2.34. The van der Waals surface area contributed by atoms with Crippen LogP contribution in [0.4, 0.5) is 11.6 Å². The normalized spacial score (nSPS) is 12.8. The highest BCUT2D eigenvalue weighted by molar-refractivity contribution is 7.71. The first-order valence-electron chi connectivity index (χ1n) is 5.13. The summed E-state index contributed by atoms with van der Waals surface area (Å²) in [6.07, 6.45) is 3.74. The van der Waals surface area contributed by atoms with Gasteiger partial charge in [0, 0.05) is 18.1 Å². The molecule has 1 N–H and O–H groups in total. The maximum absolute atomic E-state index is 5.11. The fourth-order valence-electron chi connectivity index (χ4n) is 1.94. The van der Waals surface area contributed by atoms with Crippen LogP contribution in [-0.2, 0) is 6.54 Å². The molecule has 0 amide bonds. The van der Waals surface area contributed by atoms with Crippen molar-refractivity contribution in [2.75, 3.05) is 5.32 Å². The molecule has 0 atom stereocenters. The molecule has 3 rings (SSSR count). The number of anilines is 1. The maximum atomic E-state index is 5.11. The summed E-state index contributed by atoms with van der Waals surface area (Å²) in [5, 5.41) is 5.20. The number of hydrogen-bond acceptors (Lipinski definition) is 4. The van der Waals surface area contributed by atoms with Gasteiger partial charge in [0.2, 0.25) is 0 Å². The molecule has 4 nitrogen and oxygen atoms in total. The van der Waals surface area contributed by atoms with Crippen molar-refractivity contribution in [2.24, 2.45) is 4.99 Å². The van der Waals surface area contributed by atoms with Crippen LogP contribution in [0.15, 0.2) is 23.3 Å². The van der Waals surface area contributed by atoms with Gasteiger partial charge < -0.3 is 9.88 Å². The van der Waals surface area contributed by atoms with E-state index >= 15 is 0 Å². The molecule has 0 radical (unpaired) electrons. The Balaban J connectivity index is 2.52. The van der Waals surface area contributed by atoms with E-state index in [9.17, 15) is 0 Å². The van der Waals surface area contributed by atoms with E-state index in [0.717, 1.165) is 29.0 Å². The molecule has 0 unspecified atom stereocenters. The molecule has 0 fully saturated rings. The van der Waals surface area contributed by atoms with Gasteiger partial charge >= 0.3 is 0 Å². The summed E-state index contributed by atoms with van der Waals surface area (Å²) in [7, 11) is 0. The van der Waals surface area contributed by atoms with Crippen molar-refractivity contribution in [1.29, 1.82) is 0 Å². The van der Waals surface area contributed by atoms with E-state index in [2.05, 4.69) is 33.0 Å². The minimum atomic E-state index is 0.586. The summed E-state index contributed by atoms with van der Waals surface area (Å²) >= 11 is 5.11. The average Bonchev–Trinajstić information content (AvgIpc) is 2.57. The number of aromatic nitrogens is 2. The first-order chi connectivity index (χ1) is 7.79. The zero-order valence-electron chi connectivity index (χ0n) is 8.77. The molecule has 0 aromatic carbocycles. The SMILES string of the molecule is CCn1cc2ccc(=S)nc3c2c1N=CN3. The third-order valence-electron chi connectivity index (χ3n) is 2.67. The van der Waals surface area contributed by atoms with Crippen molar-refractivity contribution in [2.45, 2.75) is 13.5 Å². The molecule has 0 bridgehead atoms. The van der Waals surface area contributed by atoms with Gasteiger partial charge in [0.25, 0.3) is 0 Å². The van der Waals surface area contributed by atoms with Crippen LogP contribution in [0.25, 0.3) is 10.8 Å². The van der Waals surface area contributed by atoms with Crippen LogP contribution in [0.5, 0.6) is 0 Å². The van der Waals surface area contributed by atoms with Crippen LogP contribution < -0.4 is 5.32 Å². The van der Waals surface area contributed by atoms with E-state index in [1.165, 1.54) is 0 Å². The fraction of sp³-hybridized carbons (Fsp3) is 0.182. The molecule has 0 saturated heterocycles. The van der Waals surface area contributed by atoms with Crippen LogP contribution >= 0.6 is 12.2 Å². The van der Waals surface area contributed by atoms with Gasteiger partial charge in [0.1, 0.15) is 16.3 Å². The summed E-state index contributed by atoms with van der Waals surface area (Å²) in [6.45, 7) is 2.99. The Kier molecular flexibility index (Phi) is 2.00. The van der Waals surface area contributed by atoms with Gasteiger partial charge in [-0.15, -0.1) is 0 Å². The highest BCUT2D eigenvalue weighted by Gasteiger charge is 2.14. The summed E-state index contributed by atoms with van der Waals surface area (Å²) in [5.41, 5.74) is 0. The first-order valence-corrected chi connectivity index (χ1v) is 5.53. The molecule has 1 aliphatic heterocycles. The van der Waals surface area contributed by atoms with E-state index in [1.54, 1.807) is 6.34 Å². The smallest absolute Gasteiger partial charge is 0.146 e. The zero-order chi connectivity index (χ0) is 11.1. The van der Waals surface area contributed by atoms with Gasteiger partial charge in [0.15, 0.2) is 0 Å². The molecule has 0 saturated carbocycles. The molecule has 2 aromatic rings. The number of nitrogens with one attached hydrogen (secondary N) is 1. The van der Waals surface area contributed by atoms with Crippen LogP contribution in [0.2, 0.25) is 0 Å². The number of hydrogen-bond donors (Lipinski definition) is 1. The summed E-state index contributed by atoms with van der Waals surface area (Å²) in [4.78, 5) is 8.69. The van der Waals surface area contributed by atoms with E-state index in [-0.39, 0.29) is 0 Å². The van der Waals surface area contributed by atoms with Crippen molar-refractivity contribution >= 4 is 41.0 Å². The van der Waals surface area contributed by atoms with Crippen molar-refractivity contribution in [1.82, 2.24) is 9.55 Å². The quantitative estimate of drug-likeness (QED) is 0.766. The predicted octanol–water partition coefficient (Wildman–Crippen LogP) is 2.87. The Bertz CT molecular complexity index is 657. The van der Waals surface area contributed by atoms with Crippen molar-refractivity contribution in [3.63, 3.8) is 0 Å². The van der Waals surface area contributed by atoms with Crippen LogP contribution in [0.3, 0.4) is 0 Å². The molecular formula is C11H10N4S. The topological polar surface area (TPSA) is 42.2 Å². The van der Waals surface area contributed by atoms with Gasteiger partial charge in [-0.25, -0.2) is 9.98 Å². The number of rotatable bonds is 1. The highest BCUT2D eigenvalue weighted by atomic mass is 32.1. The molecule has 16 heavy (non-hydrogen) atoms. The van der Waals surface area contributed by atoms with Gasteiger partial charge in [-0.1, -0.05) is 12.2 Å². The molecule has 0 aliphatic carbocycles. The predicted molar refractivity (Wildman–Crippen MR) is 68.0 cm³/mol.